The van der Waals surface area contributed by atoms with E-state index in [0.717, 1.165) is 16.3 Å². The van der Waals surface area contributed by atoms with E-state index in [0.29, 0.717) is 17.0 Å². The molecule has 2 aromatic heterocycles. The van der Waals surface area contributed by atoms with Gasteiger partial charge in [0.15, 0.2) is 0 Å². The van der Waals surface area contributed by atoms with Crippen LogP contribution in [0.5, 0.6) is 5.75 Å². The van der Waals surface area contributed by atoms with E-state index in [1.165, 1.54) is 0 Å². The SMILES string of the molecule is COc1ccc2cc(Nn3ccc4ccccc43)c(=O)oc2c1. The molecule has 0 spiro atoms. The molecule has 0 fully saturated rings. The van der Waals surface area contributed by atoms with Crippen LogP contribution in [0.1, 0.15) is 0 Å². The van der Waals surface area contributed by atoms with Crippen molar-refractivity contribution in [3.63, 3.8) is 0 Å². The van der Waals surface area contributed by atoms with Crippen molar-refractivity contribution in [2.24, 2.45) is 0 Å². The lowest BCUT2D eigenvalue weighted by Crippen LogP contribution is -2.15. The van der Waals surface area contributed by atoms with Crippen LogP contribution in [0.3, 0.4) is 0 Å². The smallest absolute Gasteiger partial charge is 0.361 e. The molecule has 2 aromatic carbocycles. The molecule has 0 saturated carbocycles. The first-order chi connectivity index (χ1) is 11.2. The highest BCUT2D eigenvalue weighted by atomic mass is 16.5. The number of methoxy groups -OCH3 is 1. The fraction of sp³-hybridized carbons (Fsp3) is 0.0556. The molecule has 0 saturated heterocycles. The molecule has 2 heterocycles. The minimum atomic E-state index is -0.427. The van der Waals surface area contributed by atoms with Crippen LogP contribution < -0.4 is 15.8 Å². The van der Waals surface area contributed by atoms with E-state index in [1.807, 2.05) is 48.7 Å². The van der Waals surface area contributed by atoms with Gasteiger partial charge in [0.2, 0.25) is 0 Å². The molecule has 0 atom stereocenters. The molecule has 5 nitrogen and oxygen atoms in total. The summed E-state index contributed by atoms with van der Waals surface area (Å²) in [4.78, 5) is 12.2. The average molecular weight is 306 g/mol. The van der Waals surface area contributed by atoms with Gasteiger partial charge in [-0.2, -0.15) is 0 Å². The van der Waals surface area contributed by atoms with Gasteiger partial charge in [-0.3, -0.25) is 10.1 Å². The Kier molecular flexibility index (Phi) is 3.05. The van der Waals surface area contributed by atoms with Crippen LogP contribution in [-0.4, -0.2) is 11.8 Å². The van der Waals surface area contributed by atoms with Crippen molar-refractivity contribution in [3.8, 4) is 5.75 Å². The third-order valence-corrected chi connectivity index (χ3v) is 3.78. The van der Waals surface area contributed by atoms with Crippen molar-refractivity contribution in [2.45, 2.75) is 0 Å². The molecule has 0 amide bonds. The summed E-state index contributed by atoms with van der Waals surface area (Å²) in [5.74, 6) is 0.651. The molecule has 0 bridgehead atoms. The van der Waals surface area contributed by atoms with Gasteiger partial charge in [-0.15, -0.1) is 0 Å². The standard InChI is InChI=1S/C18H14N2O3/c1-22-14-7-6-13-10-15(18(21)23-17(13)11-14)19-20-9-8-12-4-2-3-5-16(12)20/h2-11,19H,1H3. The number of hydrogen-bond acceptors (Lipinski definition) is 4. The Morgan fingerprint density at radius 2 is 1.91 bits per heavy atom. The molecule has 114 valence electrons. The number of para-hydroxylation sites is 1. The Morgan fingerprint density at radius 1 is 1.04 bits per heavy atom. The largest absolute Gasteiger partial charge is 0.497 e. The summed E-state index contributed by atoms with van der Waals surface area (Å²) < 4.78 is 12.3. The second-order valence-corrected chi connectivity index (χ2v) is 5.21. The zero-order valence-corrected chi connectivity index (χ0v) is 12.4. The molecule has 0 radical (unpaired) electrons. The number of nitrogens with zero attached hydrogens (tertiary/aromatic N) is 1. The topological polar surface area (TPSA) is 56.4 Å². The number of anilines is 1. The molecule has 0 aliphatic rings. The first-order valence-electron chi connectivity index (χ1n) is 7.19. The van der Waals surface area contributed by atoms with Gasteiger partial charge in [-0.25, -0.2) is 4.79 Å². The van der Waals surface area contributed by atoms with Crippen LogP contribution in [0.2, 0.25) is 0 Å². The normalized spacial score (nSPS) is 11.0. The second-order valence-electron chi connectivity index (χ2n) is 5.21. The van der Waals surface area contributed by atoms with Crippen LogP contribution in [0.25, 0.3) is 21.9 Å². The first kappa shape index (κ1) is 13.5. The number of nitrogens with one attached hydrogen (secondary N) is 1. The van der Waals surface area contributed by atoms with E-state index < -0.39 is 5.63 Å². The van der Waals surface area contributed by atoms with Gasteiger partial charge < -0.3 is 9.15 Å². The number of ether oxygens (including phenoxy) is 1. The van der Waals surface area contributed by atoms with E-state index in [2.05, 4.69) is 5.43 Å². The van der Waals surface area contributed by atoms with E-state index in [1.54, 1.807) is 23.9 Å². The van der Waals surface area contributed by atoms with Gasteiger partial charge in [0.05, 0.1) is 12.6 Å². The zero-order chi connectivity index (χ0) is 15.8. The van der Waals surface area contributed by atoms with Crippen LogP contribution in [-0.2, 0) is 0 Å². The van der Waals surface area contributed by atoms with E-state index in [4.69, 9.17) is 9.15 Å². The molecular weight excluding hydrogens is 292 g/mol. The predicted octanol–water partition coefficient (Wildman–Crippen LogP) is 3.63. The maximum Gasteiger partial charge on any atom is 0.361 e. The van der Waals surface area contributed by atoms with Crippen LogP contribution >= 0.6 is 0 Å². The number of hydrogen-bond donors (Lipinski definition) is 1. The summed E-state index contributed by atoms with van der Waals surface area (Å²) in [6.45, 7) is 0. The van der Waals surface area contributed by atoms with Gasteiger partial charge in [-0.05, 0) is 30.3 Å². The monoisotopic (exact) mass is 306 g/mol. The lowest BCUT2D eigenvalue weighted by atomic mass is 10.2. The van der Waals surface area contributed by atoms with Crippen molar-refractivity contribution in [2.75, 3.05) is 12.5 Å². The maximum atomic E-state index is 12.2. The van der Waals surface area contributed by atoms with Gasteiger partial charge in [0.1, 0.15) is 17.0 Å². The Labute approximate surface area is 131 Å². The number of aromatic nitrogens is 1. The van der Waals surface area contributed by atoms with Crippen molar-refractivity contribution < 1.29 is 9.15 Å². The van der Waals surface area contributed by atoms with Crippen molar-refractivity contribution in [1.29, 1.82) is 0 Å². The third-order valence-electron chi connectivity index (χ3n) is 3.78. The highest BCUT2D eigenvalue weighted by molar-refractivity contribution is 5.82. The fourth-order valence-corrected chi connectivity index (χ4v) is 2.61. The Balaban J connectivity index is 1.79. The average Bonchev–Trinajstić information content (AvgIpc) is 2.98. The van der Waals surface area contributed by atoms with E-state index >= 15 is 0 Å². The first-order valence-corrected chi connectivity index (χ1v) is 7.19. The number of fused-ring (bicyclic) bond motifs is 2. The second kappa shape index (κ2) is 5.21. The quantitative estimate of drug-likeness (QED) is 0.587. The van der Waals surface area contributed by atoms with Crippen molar-refractivity contribution >= 4 is 27.6 Å². The summed E-state index contributed by atoms with van der Waals surface area (Å²) in [5.41, 5.74) is 4.53. The minimum Gasteiger partial charge on any atom is -0.497 e. The summed E-state index contributed by atoms with van der Waals surface area (Å²) in [6.07, 6.45) is 1.88. The highest BCUT2D eigenvalue weighted by Crippen LogP contribution is 2.22. The summed E-state index contributed by atoms with van der Waals surface area (Å²) in [7, 11) is 1.58. The van der Waals surface area contributed by atoms with Gasteiger partial charge in [0, 0.05) is 23.0 Å². The van der Waals surface area contributed by atoms with Crippen molar-refractivity contribution in [3.05, 3.63) is 71.2 Å². The van der Waals surface area contributed by atoms with E-state index in [9.17, 15) is 4.79 Å². The lowest BCUT2D eigenvalue weighted by Gasteiger charge is -2.09. The van der Waals surface area contributed by atoms with E-state index in [-0.39, 0.29) is 0 Å². The highest BCUT2D eigenvalue weighted by Gasteiger charge is 2.08. The van der Waals surface area contributed by atoms with Gasteiger partial charge in [-0.1, -0.05) is 18.2 Å². The molecule has 23 heavy (non-hydrogen) atoms. The molecular formula is C18H14N2O3. The minimum absolute atomic E-state index is 0.379. The molecule has 1 N–H and O–H groups in total. The molecule has 0 unspecified atom stereocenters. The Bertz CT molecular complexity index is 1060. The summed E-state index contributed by atoms with van der Waals surface area (Å²) in [5, 5.41) is 1.92. The van der Waals surface area contributed by atoms with Crippen LogP contribution in [0.15, 0.2) is 70.0 Å². The Morgan fingerprint density at radius 3 is 2.78 bits per heavy atom. The zero-order valence-electron chi connectivity index (χ0n) is 12.4. The van der Waals surface area contributed by atoms with Gasteiger partial charge >= 0.3 is 5.63 Å². The van der Waals surface area contributed by atoms with Crippen LogP contribution in [0.4, 0.5) is 5.69 Å². The lowest BCUT2D eigenvalue weighted by molar-refractivity contribution is 0.414. The van der Waals surface area contributed by atoms with Crippen molar-refractivity contribution in [1.82, 2.24) is 4.68 Å². The summed E-state index contributed by atoms with van der Waals surface area (Å²) >= 11 is 0. The number of benzene rings is 2. The molecule has 5 heteroatoms. The molecule has 4 rings (SSSR count). The third kappa shape index (κ3) is 2.32. The summed E-state index contributed by atoms with van der Waals surface area (Å²) in [6, 6.07) is 17.1. The molecule has 0 aliphatic carbocycles. The molecule has 0 aliphatic heterocycles. The van der Waals surface area contributed by atoms with Gasteiger partial charge in [0.25, 0.3) is 0 Å². The number of rotatable bonds is 3. The Hall–Kier alpha value is -3.21. The predicted molar refractivity (Wildman–Crippen MR) is 90.0 cm³/mol. The van der Waals surface area contributed by atoms with Crippen LogP contribution in [0, 0.1) is 0 Å². The molecule has 4 aromatic rings. The maximum absolute atomic E-state index is 12.2. The fourth-order valence-electron chi connectivity index (χ4n) is 2.61.